The Morgan fingerprint density at radius 3 is 2.45 bits per heavy atom. The van der Waals surface area contributed by atoms with Crippen molar-refractivity contribution in [3.05, 3.63) is 29.5 Å². The van der Waals surface area contributed by atoms with Gasteiger partial charge in [0, 0.05) is 55.7 Å². The highest BCUT2D eigenvalue weighted by molar-refractivity contribution is 5.87. The van der Waals surface area contributed by atoms with Crippen molar-refractivity contribution in [2.24, 2.45) is 0 Å². The van der Waals surface area contributed by atoms with Gasteiger partial charge in [-0.2, -0.15) is 5.26 Å². The van der Waals surface area contributed by atoms with E-state index >= 15 is 0 Å². The van der Waals surface area contributed by atoms with Gasteiger partial charge in [0.05, 0.1) is 7.11 Å². The van der Waals surface area contributed by atoms with Gasteiger partial charge in [-0.25, -0.2) is 4.79 Å². The topological polar surface area (TPSA) is 70.7 Å². The second-order valence-electron chi connectivity index (χ2n) is 8.43. The lowest BCUT2D eigenvalue weighted by Gasteiger charge is -2.35. The van der Waals surface area contributed by atoms with Gasteiger partial charge in [0.25, 0.3) is 0 Å². The van der Waals surface area contributed by atoms with E-state index in [0.717, 1.165) is 48.4 Å². The molecule has 1 saturated heterocycles. The first-order valence-electron chi connectivity index (χ1n) is 10.0. The summed E-state index contributed by atoms with van der Waals surface area (Å²) in [5, 5.41) is 10.6. The molecule has 0 N–H and O–H groups in total. The lowest BCUT2D eigenvalue weighted by molar-refractivity contribution is 0.0143. The summed E-state index contributed by atoms with van der Waals surface area (Å²) < 4.78 is 12.9. The van der Waals surface area contributed by atoms with Crippen molar-refractivity contribution in [1.29, 1.82) is 5.26 Å². The van der Waals surface area contributed by atoms with Gasteiger partial charge in [-0.3, -0.25) is 4.90 Å². The minimum Gasteiger partial charge on any atom is -0.496 e. The number of rotatable bonds is 4. The molecule has 7 heteroatoms. The minimum absolute atomic E-state index is 0.246. The number of hydrogen-bond acceptors (Lipinski definition) is 5. The number of hydrogen-bond donors (Lipinski definition) is 0. The third-order valence-corrected chi connectivity index (χ3v) is 5.30. The Balaban J connectivity index is 1.64. The first kappa shape index (κ1) is 21.0. The van der Waals surface area contributed by atoms with Gasteiger partial charge in [0.15, 0.2) is 0 Å². The number of aromatic nitrogens is 1. The smallest absolute Gasteiger partial charge is 0.410 e. The van der Waals surface area contributed by atoms with Gasteiger partial charge in [-0.05, 0) is 45.9 Å². The zero-order chi connectivity index (χ0) is 21.2. The summed E-state index contributed by atoms with van der Waals surface area (Å²) in [4.78, 5) is 16.3. The lowest BCUT2D eigenvalue weighted by atomic mass is 10.1. The van der Waals surface area contributed by atoms with Crippen LogP contribution in [0.25, 0.3) is 10.9 Å². The molecule has 7 nitrogen and oxygen atoms in total. The van der Waals surface area contributed by atoms with Crippen LogP contribution in [0.15, 0.2) is 18.2 Å². The van der Waals surface area contributed by atoms with Crippen molar-refractivity contribution >= 4 is 17.0 Å². The second kappa shape index (κ2) is 8.34. The van der Waals surface area contributed by atoms with Crippen LogP contribution in [-0.4, -0.2) is 65.9 Å². The van der Waals surface area contributed by atoms with Crippen molar-refractivity contribution in [3.63, 3.8) is 0 Å². The molecule has 0 aliphatic carbocycles. The van der Waals surface area contributed by atoms with Crippen LogP contribution in [0, 0.1) is 18.3 Å². The molecular formula is C22H30N4O3. The van der Waals surface area contributed by atoms with Crippen molar-refractivity contribution in [1.82, 2.24) is 14.4 Å². The molecule has 0 atom stereocenters. The fourth-order valence-electron chi connectivity index (χ4n) is 3.73. The lowest BCUT2D eigenvalue weighted by Crippen LogP contribution is -2.50. The normalized spacial score (nSPS) is 15.4. The molecule has 3 rings (SSSR count). The number of benzene rings is 1. The second-order valence-corrected chi connectivity index (χ2v) is 8.43. The van der Waals surface area contributed by atoms with Crippen LogP contribution in [0.3, 0.4) is 0 Å². The predicted molar refractivity (Wildman–Crippen MR) is 112 cm³/mol. The molecule has 0 radical (unpaired) electrons. The Kier molecular flexibility index (Phi) is 6.04. The summed E-state index contributed by atoms with van der Waals surface area (Å²) in [5.74, 6) is 0.831. The summed E-state index contributed by atoms with van der Waals surface area (Å²) in [6.45, 7) is 12.1. The van der Waals surface area contributed by atoms with Crippen LogP contribution in [0.5, 0.6) is 5.75 Å². The molecule has 1 amide bonds. The third kappa shape index (κ3) is 4.65. The predicted octanol–water partition coefficient (Wildman–Crippen LogP) is 3.38. The number of ether oxygens (including phenoxy) is 2. The number of fused-ring (bicyclic) bond motifs is 1. The van der Waals surface area contributed by atoms with Crippen LogP contribution < -0.4 is 4.74 Å². The summed E-state index contributed by atoms with van der Waals surface area (Å²) in [6.07, 6.45) is -0.246. The Morgan fingerprint density at radius 2 is 1.86 bits per heavy atom. The summed E-state index contributed by atoms with van der Waals surface area (Å²) in [5.41, 5.74) is 2.28. The fourth-order valence-corrected chi connectivity index (χ4v) is 3.73. The molecule has 0 bridgehead atoms. The standard InChI is InChI=1S/C22H30N4O3/c1-16-18-14-17(15-23)26(19(18)6-7-20(16)28-5)13-10-24-8-11-25(12-9-24)21(27)29-22(2,3)4/h6-7,14H,8-13H2,1-5H3. The maximum absolute atomic E-state index is 12.2. The summed E-state index contributed by atoms with van der Waals surface area (Å²) >= 11 is 0. The van der Waals surface area contributed by atoms with E-state index in [-0.39, 0.29) is 6.09 Å². The van der Waals surface area contributed by atoms with E-state index in [1.807, 2.05) is 45.9 Å². The molecule has 1 aromatic heterocycles. The van der Waals surface area contributed by atoms with Crippen molar-refractivity contribution in [2.75, 3.05) is 39.8 Å². The summed E-state index contributed by atoms with van der Waals surface area (Å²) in [6, 6.07) is 8.22. The molecule has 0 spiro atoms. The molecule has 0 unspecified atom stereocenters. The molecule has 2 heterocycles. The minimum atomic E-state index is -0.474. The summed E-state index contributed by atoms with van der Waals surface area (Å²) in [7, 11) is 1.66. The van der Waals surface area contributed by atoms with Crippen molar-refractivity contribution in [2.45, 2.75) is 39.8 Å². The number of carbonyl (C=O) groups excluding carboxylic acids is 1. The molecule has 29 heavy (non-hydrogen) atoms. The van der Waals surface area contributed by atoms with Gasteiger partial charge < -0.3 is 18.9 Å². The zero-order valence-electron chi connectivity index (χ0n) is 18.0. The van der Waals surface area contributed by atoms with Crippen LogP contribution in [0.1, 0.15) is 32.0 Å². The molecule has 2 aromatic rings. The van der Waals surface area contributed by atoms with Gasteiger partial charge in [0.2, 0.25) is 0 Å². The van der Waals surface area contributed by atoms with E-state index in [0.29, 0.717) is 18.8 Å². The molecular weight excluding hydrogens is 368 g/mol. The first-order valence-corrected chi connectivity index (χ1v) is 10.0. The molecule has 1 aliphatic rings. The molecule has 156 valence electrons. The molecule has 1 fully saturated rings. The van der Waals surface area contributed by atoms with Crippen LogP contribution >= 0.6 is 0 Å². The van der Waals surface area contributed by atoms with Gasteiger partial charge >= 0.3 is 6.09 Å². The maximum atomic E-state index is 12.2. The van der Waals surface area contributed by atoms with E-state index in [2.05, 4.69) is 15.5 Å². The highest BCUT2D eigenvalue weighted by Gasteiger charge is 2.26. The average molecular weight is 399 g/mol. The number of nitrogens with zero attached hydrogens (tertiary/aromatic N) is 4. The molecule has 1 aromatic carbocycles. The molecule has 1 aliphatic heterocycles. The zero-order valence-corrected chi connectivity index (χ0v) is 18.0. The van der Waals surface area contributed by atoms with Gasteiger partial charge in [-0.15, -0.1) is 0 Å². The van der Waals surface area contributed by atoms with Crippen molar-refractivity contribution < 1.29 is 14.3 Å². The van der Waals surface area contributed by atoms with Crippen LogP contribution in [0.4, 0.5) is 4.79 Å². The van der Waals surface area contributed by atoms with Crippen molar-refractivity contribution in [3.8, 4) is 11.8 Å². The van der Waals surface area contributed by atoms with E-state index in [9.17, 15) is 10.1 Å². The number of nitriles is 1. The number of aryl methyl sites for hydroxylation is 1. The number of methoxy groups -OCH3 is 1. The number of carbonyl (C=O) groups is 1. The first-order chi connectivity index (χ1) is 13.7. The highest BCUT2D eigenvalue weighted by atomic mass is 16.6. The van der Waals surface area contributed by atoms with E-state index in [4.69, 9.17) is 9.47 Å². The van der Waals surface area contributed by atoms with Crippen LogP contribution in [-0.2, 0) is 11.3 Å². The average Bonchev–Trinajstić information content (AvgIpc) is 3.04. The van der Waals surface area contributed by atoms with Gasteiger partial charge in [-0.1, -0.05) is 0 Å². The highest BCUT2D eigenvalue weighted by Crippen LogP contribution is 2.29. The quantitative estimate of drug-likeness (QED) is 0.790. The fraction of sp³-hybridized carbons (Fsp3) is 0.545. The Morgan fingerprint density at radius 1 is 1.17 bits per heavy atom. The Hall–Kier alpha value is -2.72. The van der Waals surface area contributed by atoms with Crippen LogP contribution in [0.2, 0.25) is 0 Å². The van der Waals surface area contributed by atoms with E-state index < -0.39 is 5.60 Å². The Bertz CT molecular complexity index is 928. The van der Waals surface area contributed by atoms with E-state index in [1.165, 1.54) is 0 Å². The third-order valence-electron chi connectivity index (χ3n) is 5.30. The van der Waals surface area contributed by atoms with E-state index in [1.54, 1.807) is 12.0 Å². The molecule has 0 saturated carbocycles. The largest absolute Gasteiger partial charge is 0.496 e. The SMILES string of the molecule is COc1ccc2c(cc(C#N)n2CCN2CCN(C(=O)OC(C)(C)C)CC2)c1C. The number of amides is 1. The monoisotopic (exact) mass is 398 g/mol. The Labute approximate surface area is 172 Å². The number of piperazine rings is 1. The maximum Gasteiger partial charge on any atom is 0.410 e. The van der Waals surface area contributed by atoms with Gasteiger partial charge in [0.1, 0.15) is 23.1 Å².